The van der Waals surface area contributed by atoms with Crippen LogP contribution in [0.25, 0.3) is 0 Å². The quantitative estimate of drug-likeness (QED) is 0.564. The van der Waals surface area contributed by atoms with Crippen LogP contribution in [0, 0.1) is 17.8 Å². The third kappa shape index (κ3) is 5.77. The Kier molecular flexibility index (Phi) is 8.75. The highest BCUT2D eigenvalue weighted by atomic mass is 16.2. The van der Waals surface area contributed by atoms with Crippen LogP contribution in [0.3, 0.4) is 0 Å². The number of hydrogen-bond acceptors (Lipinski definition) is 3. The highest BCUT2D eigenvalue weighted by molar-refractivity contribution is 5.93. The van der Waals surface area contributed by atoms with Gasteiger partial charge in [0.1, 0.15) is 0 Å². The summed E-state index contributed by atoms with van der Waals surface area (Å²) >= 11 is 0. The van der Waals surface area contributed by atoms with Gasteiger partial charge in [-0.2, -0.15) is 0 Å². The molecule has 1 atom stereocenters. The second-order valence-corrected chi connectivity index (χ2v) is 9.32. The van der Waals surface area contributed by atoms with Gasteiger partial charge in [-0.1, -0.05) is 34.1 Å². The molecule has 5 heteroatoms. The van der Waals surface area contributed by atoms with Crippen molar-refractivity contribution in [3.63, 3.8) is 0 Å². The average molecular weight is 416 g/mol. The minimum Gasteiger partial charge on any atom is -0.377 e. The molecule has 168 valence electrons. The molecule has 2 amide bonds. The predicted molar refractivity (Wildman–Crippen MR) is 126 cm³/mol. The Morgan fingerprint density at radius 3 is 2.20 bits per heavy atom. The van der Waals surface area contributed by atoms with Gasteiger partial charge in [-0.3, -0.25) is 9.59 Å². The van der Waals surface area contributed by atoms with Gasteiger partial charge in [0.25, 0.3) is 0 Å². The number of nitrogens with zero attached hydrogens (tertiary/aromatic N) is 2. The van der Waals surface area contributed by atoms with E-state index < -0.39 is 0 Å². The Hall–Kier alpha value is -2.04. The molecule has 0 aliphatic heterocycles. The number of amides is 2. The van der Waals surface area contributed by atoms with Crippen molar-refractivity contribution in [2.75, 3.05) is 24.3 Å². The molecule has 0 radical (unpaired) electrons. The van der Waals surface area contributed by atoms with E-state index in [1.54, 1.807) is 0 Å². The molecule has 0 bridgehead atoms. The zero-order chi connectivity index (χ0) is 22.4. The molecule has 5 nitrogen and oxygen atoms in total. The Labute approximate surface area is 183 Å². The predicted octanol–water partition coefficient (Wildman–Crippen LogP) is 5.30. The van der Waals surface area contributed by atoms with Gasteiger partial charge in [0.2, 0.25) is 11.8 Å². The topological polar surface area (TPSA) is 52.7 Å². The number of benzene rings is 1. The number of nitrogens with one attached hydrogen (secondary N) is 1. The van der Waals surface area contributed by atoms with Crippen LogP contribution < -0.4 is 10.2 Å². The van der Waals surface area contributed by atoms with Crippen molar-refractivity contribution < 1.29 is 9.59 Å². The maximum absolute atomic E-state index is 13.4. The summed E-state index contributed by atoms with van der Waals surface area (Å²) in [5.41, 5.74) is 2.97. The Balaban J connectivity index is 2.34. The fraction of sp³-hybridized carbons (Fsp3) is 0.680. The third-order valence-electron chi connectivity index (χ3n) is 6.72. The van der Waals surface area contributed by atoms with Crippen molar-refractivity contribution in [2.24, 2.45) is 17.8 Å². The van der Waals surface area contributed by atoms with E-state index in [0.717, 1.165) is 49.0 Å². The second-order valence-electron chi connectivity index (χ2n) is 9.32. The molecule has 30 heavy (non-hydrogen) atoms. The standard InChI is InChI=1S/C25H41N3O2/c1-8-19(9-2)25(30)28(18(5)17(3)4)16-21-15-22(13-14-23(21)27(6)7)26-24(29)20-11-10-12-20/h13-15,17-20H,8-12,16H2,1-7H3,(H,26,29). The number of rotatable bonds is 10. The van der Waals surface area contributed by atoms with Crippen LogP contribution in [0.1, 0.15) is 72.3 Å². The van der Waals surface area contributed by atoms with Gasteiger partial charge in [0.05, 0.1) is 0 Å². The van der Waals surface area contributed by atoms with E-state index in [1.165, 1.54) is 0 Å². The molecular formula is C25H41N3O2. The Bertz CT molecular complexity index is 721. The van der Waals surface area contributed by atoms with E-state index in [2.05, 4.69) is 44.8 Å². The number of carbonyl (C=O) groups excluding carboxylic acids is 2. The summed E-state index contributed by atoms with van der Waals surface area (Å²) in [4.78, 5) is 29.9. The number of carbonyl (C=O) groups is 2. The summed E-state index contributed by atoms with van der Waals surface area (Å²) in [7, 11) is 4.04. The molecule has 1 aromatic rings. The van der Waals surface area contributed by atoms with Crippen LogP contribution in [-0.4, -0.2) is 36.9 Å². The molecule has 0 heterocycles. The molecule has 1 N–H and O–H groups in total. The van der Waals surface area contributed by atoms with Gasteiger partial charge in [-0.05, 0) is 62.3 Å². The molecule has 0 spiro atoms. The van der Waals surface area contributed by atoms with Crippen LogP contribution in [0.4, 0.5) is 11.4 Å². The van der Waals surface area contributed by atoms with E-state index in [4.69, 9.17) is 0 Å². The highest BCUT2D eigenvalue weighted by Crippen LogP contribution is 2.30. The van der Waals surface area contributed by atoms with Crippen LogP contribution in [0.15, 0.2) is 18.2 Å². The molecule has 0 saturated heterocycles. The van der Waals surface area contributed by atoms with Gasteiger partial charge in [-0.15, -0.1) is 0 Å². The van der Waals surface area contributed by atoms with E-state index in [9.17, 15) is 9.59 Å². The maximum Gasteiger partial charge on any atom is 0.227 e. The molecule has 1 unspecified atom stereocenters. The lowest BCUT2D eigenvalue weighted by atomic mass is 9.85. The lowest BCUT2D eigenvalue weighted by Crippen LogP contribution is -2.44. The zero-order valence-electron chi connectivity index (χ0n) is 20.0. The first kappa shape index (κ1) is 24.2. The number of hydrogen-bond donors (Lipinski definition) is 1. The van der Waals surface area contributed by atoms with Crippen LogP contribution >= 0.6 is 0 Å². The molecule has 2 rings (SSSR count). The number of anilines is 2. The SMILES string of the molecule is CCC(CC)C(=O)N(Cc1cc(NC(=O)C2CCC2)ccc1N(C)C)C(C)C(C)C. The molecule has 1 aliphatic rings. The first-order valence-corrected chi connectivity index (χ1v) is 11.6. The minimum atomic E-state index is 0.0514. The Morgan fingerprint density at radius 1 is 1.10 bits per heavy atom. The molecule has 0 aromatic heterocycles. The van der Waals surface area contributed by atoms with E-state index in [0.29, 0.717) is 12.5 Å². The second kappa shape index (κ2) is 10.8. The van der Waals surface area contributed by atoms with Crippen molar-refractivity contribution in [3.8, 4) is 0 Å². The van der Waals surface area contributed by atoms with Gasteiger partial charge >= 0.3 is 0 Å². The normalized spacial score (nSPS) is 15.1. The van der Waals surface area contributed by atoms with Gasteiger partial charge in [0.15, 0.2) is 0 Å². The lowest BCUT2D eigenvalue weighted by molar-refractivity contribution is -0.139. The van der Waals surface area contributed by atoms with Crippen LogP contribution in [0.2, 0.25) is 0 Å². The molecule has 1 saturated carbocycles. The minimum absolute atomic E-state index is 0.0514. The fourth-order valence-corrected chi connectivity index (χ4v) is 3.98. The van der Waals surface area contributed by atoms with Crippen molar-refractivity contribution >= 4 is 23.2 Å². The van der Waals surface area contributed by atoms with Crippen molar-refractivity contribution in [3.05, 3.63) is 23.8 Å². The van der Waals surface area contributed by atoms with Crippen molar-refractivity contribution in [1.29, 1.82) is 0 Å². The van der Waals surface area contributed by atoms with Crippen LogP contribution in [-0.2, 0) is 16.1 Å². The molecular weight excluding hydrogens is 374 g/mol. The summed E-state index contributed by atoms with van der Waals surface area (Å²) in [6.07, 6.45) is 4.82. The van der Waals surface area contributed by atoms with Gasteiger partial charge < -0.3 is 15.1 Å². The van der Waals surface area contributed by atoms with Crippen LogP contribution in [0.5, 0.6) is 0 Å². The highest BCUT2D eigenvalue weighted by Gasteiger charge is 2.29. The largest absolute Gasteiger partial charge is 0.377 e. The third-order valence-corrected chi connectivity index (χ3v) is 6.72. The Morgan fingerprint density at radius 2 is 1.73 bits per heavy atom. The zero-order valence-corrected chi connectivity index (χ0v) is 20.0. The first-order valence-electron chi connectivity index (χ1n) is 11.6. The van der Waals surface area contributed by atoms with E-state index >= 15 is 0 Å². The van der Waals surface area contributed by atoms with Gasteiger partial charge in [-0.25, -0.2) is 0 Å². The fourth-order valence-electron chi connectivity index (χ4n) is 3.98. The van der Waals surface area contributed by atoms with Crippen molar-refractivity contribution in [1.82, 2.24) is 4.90 Å². The summed E-state index contributed by atoms with van der Waals surface area (Å²) in [6, 6.07) is 6.20. The summed E-state index contributed by atoms with van der Waals surface area (Å²) in [5.74, 6) is 0.916. The maximum atomic E-state index is 13.4. The summed E-state index contributed by atoms with van der Waals surface area (Å²) in [5, 5.41) is 3.09. The van der Waals surface area contributed by atoms with Gasteiger partial charge in [0, 0.05) is 49.9 Å². The van der Waals surface area contributed by atoms with E-state index in [-0.39, 0.29) is 29.7 Å². The first-order chi connectivity index (χ1) is 14.2. The smallest absolute Gasteiger partial charge is 0.227 e. The average Bonchev–Trinajstić information content (AvgIpc) is 2.64. The van der Waals surface area contributed by atoms with Crippen molar-refractivity contribution in [2.45, 2.75) is 79.3 Å². The summed E-state index contributed by atoms with van der Waals surface area (Å²) < 4.78 is 0. The monoisotopic (exact) mass is 415 g/mol. The lowest BCUT2D eigenvalue weighted by Gasteiger charge is -2.35. The molecule has 1 aromatic carbocycles. The molecule has 1 aliphatic carbocycles. The summed E-state index contributed by atoms with van der Waals surface area (Å²) in [6.45, 7) is 11.2. The molecule has 1 fully saturated rings. The van der Waals surface area contributed by atoms with E-state index in [1.807, 2.05) is 37.2 Å².